The average Bonchev–Trinajstić information content (AvgIpc) is 3.16. The van der Waals surface area contributed by atoms with Crippen LogP contribution in [0.5, 0.6) is 0 Å². The van der Waals surface area contributed by atoms with Crippen LogP contribution in [0.2, 0.25) is 5.02 Å². The lowest BCUT2D eigenvalue weighted by Gasteiger charge is -2.47. The molecule has 2 aliphatic heterocycles. The number of alkyl halides is 1. The van der Waals surface area contributed by atoms with E-state index in [1.807, 2.05) is 12.1 Å². The Kier molecular flexibility index (Phi) is 6.22. The number of nitrogen functional groups attached to an aromatic ring is 1. The number of morpholine rings is 1. The molecule has 0 spiro atoms. The zero-order valence-corrected chi connectivity index (χ0v) is 17.4. The van der Waals surface area contributed by atoms with Crippen molar-refractivity contribution in [1.29, 1.82) is 0 Å². The zero-order chi connectivity index (χ0) is 20.4. The van der Waals surface area contributed by atoms with Gasteiger partial charge in [-0.2, -0.15) is 4.98 Å². The number of nitrogens with one attached hydrogen (secondary N) is 1. The first kappa shape index (κ1) is 20.4. The SMILES string of the molecule is CC(F)[C@H]1CN(C2CCN(c3n[nH]c(N)n3)CC2)[C@@H](Cc2ccc(Cl)cc2)CO1. The van der Waals surface area contributed by atoms with E-state index in [0.29, 0.717) is 31.1 Å². The number of halogens is 2. The highest BCUT2D eigenvalue weighted by molar-refractivity contribution is 6.30. The second kappa shape index (κ2) is 8.85. The van der Waals surface area contributed by atoms with Crippen molar-refractivity contribution in [3.8, 4) is 0 Å². The second-order valence-electron chi connectivity index (χ2n) is 7.97. The molecule has 0 bridgehead atoms. The molecule has 2 fully saturated rings. The van der Waals surface area contributed by atoms with Gasteiger partial charge in [0.1, 0.15) is 12.3 Å². The fraction of sp³-hybridized carbons (Fsp3) is 0.600. The summed E-state index contributed by atoms with van der Waals surface area (Å²) in [6, 6.07) is 8.55. The molecule has 2 aromatic rings. The number of nitrogens with zero attached hydrogens (tertiary/aromatic N) is 4. The van der Waals surface area contributed by atoms with Crippen LogP contribution in [-0.2, 0) is 11.2 Å². The van der Waals surface area contributed by atoms with Gasteiger partial charge in [0.15, 0.2) is 0 Å². The molecular formula is C20H28ClFN6O. The van der Waals surface area contributed by atoms with Crippen molar-refractivity contribution in [3.63, 3.8) is 0 Å². The van der Waals surface area contributed by atoms with E-state index in [0.717, 1.165) is 37.4 Å². The van der Waals surface area contributed by atoms with Crippen LogP contribution in [0.15, 0.2) is 24.3 Å². The van der Waals surface area contributed by atoms with Gasteiger partial charge in [-0.25, -0.2) is 9.49 Å². The molecule has 7 nitrogen and oxygen atoms in total. The highest BCUT2D eigenvalue weighted by Crippen LogP contribution is 2.27. The standard InChI is InChI=1S/C20H28ClFN6O/c1-13(22)18-11-28(17(12-29-18)10-14-2-4-15(21)5-3-14)16-6-8-27(9-7-16)20-24-19(23)25-26-20/h2-5,13,16-18H,6-12H2,1H3,(H3,23,24,25,26)/t13?,17-,18+/m0/s1. The summed E-state index contributed by atoms with van der Waals surface area (Å²) in [5, 5.41) is 7.59. The Balaban J connectivity index is 1.44. The van der Waals surface area contributed by atoms with Gasteiger partial charge in [-0.05, 0) is 43.9 Å². The molecule has 3 N–H and O–H groups in total. The topological polar surface area (TPSA) is 83.3 Å². The van der Waals surface area contributed by atoms with Crippen LogP contribution in [0.1, 0.15) is 25.3 Å². The first-order valence-corrected chi connectivity index (χ1v) is 10.6. The molecule has 3 atom stereocenters. The van der Waals surface area contributed by atoms with Crippen LogP contribution in [-0.4, -0.2) is 70.7 Å². The Morgan fingerprint density at radius 3 is 2.66 bits per heavy atom. The number of hydrogen-bond acceptors (Lipinski definition) is 6. The Morgan fingerprint density at radius 2 is 2.03 bits per heavy atom. The molecule has 158 valence electrons. The predicted octanol–water partition coefficient (Wildman–Crippen LogP) is 2.68. The van der Waals surface area contributed by atoms with Gasteiger partial charge < -0.3 is 15.4 Å². The summed E-state index contributed by atoms with van der Waals surface area (Å²) in [6.45, 7) is 4.44. The fourth-order valence-corrected chi connectivity index (χ4v) is 4.46. The van der Waals surface area contributed by atoms with Gasteiger partial charge in [0.2, 0.25) is 11.9 Å². The van der Waals surface area contributed by atoms with Gasteiger partial charge in [0.05, 0.1) is 6.61 Å². The number of anilines is 2. The number of aromatic nitrogens is 3. The molecule has 0 aliphatic carbocycles. The van der Waals surface area contributed by atoms with Crippen LogP contribution in [0, 0.1) is 0 Å². The van der Waals surface area contributed by atoms with Crippen LogP contribution >= 0.6 is 11.6 Å². The number of nitrogens with two attached hydrogens (primary N) is 1. The summed E-state index contributed by atoms with van der Waals surface area (Å²) >= 11 is 6.02. The number of piperidine rings is 1. The fourth-order valence-electron chi connectivity index (χ4n) is 4.34. The number of ether oxygens (including phenoxy) is 1. The largest absolute Gasteiger partial charge is 0.372 e. The molecule has 29 heavy (non-hydrogen) atoms. The van der Waals surface area contributed by atoms with E-state index >= 15 is 0 Å². The van der Waals surface area contributed by atoms with Gasteiger partial charge in [-0.3, -0.25) is 4.90 Å². The third kappa shape index (κ3) is 4.82. The summed E-state index contributed by atoms with van der Waals surface area (Å²) in [5.41, 5.74) is 6.87. The maximum absolute atomic E-state index is 14.0. The van der Waals surface area contributed by atoms with Crippen molar-refractivity contribution in [2.24, 2.45) is 0 Å². The number of aromatic amines is 1. The number of H-pyrrole nitrogens is 1. The minimum absolute atomic E-state index is 0.224. The van der Waals surface area contributed by atoms with E-state index in [2.05, 4.69) is 37.1 Å². The monoisotopic (exact) mass is 422 g/mol. The van der Waals surface area contributed by atoms with Crippen LogP contribution in [0.25, 0.3) is 0 Å². The molecule has 2 aliphatic rings. The summed E-state index contributed by atoms with van der Waals surface area (Å²) in [6.07, 6.45) is 1.45. The van der Waals surface area contributed by atoms with E-state index in [4.69, 9.17) is 22.1 Å². The maximum atomic E-state index is 14.0. The molecule has 1 aromatic carbocycles. The Morgan fingerprint density at radius 1 is 1.31 bits per heavy atom. The average molecular weight is 423 g/mol. The summed E-state index contributed by atoms with van der Waals surface area (Å²) < 4.78 is 19.9. The van der Waals surface area contributed by atoms with Gasteiger partial charge in [-0.15, -0.1) is 5.10 Å². The van der Waals surface area contributed by atoms with Crippen molar-refractivity contribution >= 4 is 23.5 Å². The smallest absolute Gasteiger partial charge is 0.246 e. The summed E-state index contributed by atoms with van der Waals surface area (Å²) in [7, 11) is 0. The molecule has 3 heterocycles. The molecule has 9 heteroatoms. The lowest BCUT2D eigenvalue weighted by Crippen LogP contribution is -2.58. The normalized spacial score (nSPS) is 25.3. The number of rotatable bonds is 5. The Bertz CT molecular complexity index is 793. The lowest BCUT2D eigenvalue weighted by molar-refractivity contribution is -0.105. The van der Waals surface area contributed by atoms with Gasteiger partial charge in [0, 0.05) is 36.7 Å². The van der Waals surface area contributed by atoms with Crippen molar-refractivity contribution in [1.82, 2.24) is 20.1 Å². The van der Waals surface area contributed by atoms with E-state index < -0.39 is 6.17 Å². The van der Waals surface area contributed by atoms with Gasteiger partial charge >= 0.3 is 0 Å². The quantitative estimate of drug-likeness (QED) is 0.770. The Labute approximate surface area is 175 Å². The van der Waals surface area contributed by atoms with Crippen LogP contribution < -0.4 is 10.6 Å². The maximum Gasteiger partial charge on any atom is 0.246 e. The minimum atomic E-state index is -0.981. The van der Waals surface area contributed by atoms with E-state index in [-0.39, 0.29) is 12.1 Å². The second-order valence-corrected chi connectivity index (χ2v) is 8.41. The molecule has 4 rings (SSSR count). The number of benzene rings is 1. The molecule has 0 saturated carbocycles. The molecule has 1 aromatic heterocycles. The first-order chi connectivity index (χ1) is 14.0. The summed E-state index contributed by atoms with van der Waals surface area (Å²) in [5.74, 6) is 0.981. The molecular weight excluding hydrogens is 395 g/mol. The highest BCUT2D eigenvalue weighted by atomic mass is 35.5. The first-order valence-electron chi connectivity index (χ1n) is 10.2. The van der Waals surface area contributed by atoms with Crippen molar-refractivity contribution in [2.75, 3.05) is 36.9 Å². The highest BCUT2D eigenvalue weighted by Gasteiger charge is 2.37. The Hall–Kier alpha value is -1.90. The molecule has 0 amide bonds. The van der Waals surface area contributed by atoms with E-state index in [9.17, 15) is 4.39 Å². The third-order valence-corrected chi connectivity index (χ3v) is 6.22. The van der Waals surface area contributed by atoms with Crippen molar-refractivity contribution in [3.05, 3.63) is 34.9 Å². The third-order valence-electron chi connectivity index (χ3n) is 5.97. The zero-order valence-electron chi connectivity index (χ0n) is 16.6. The van der Waals surface area contributed by atoms with Crippen molar-refractivity contribution in [2.45, 2.75) is 50.5 Å². The molecule has 2 saturated heterocycles. The van der Waals surface area contributed by atoms with Crippen LogP contribution in [0.3, 0.4) is 0 Å². The summed E-state index contributed by atoms with van der Waals surface area (Å²) in [4.78, 5) is 8.84. The minimum Gasteiger partial charge on any atom is -0.372 e. The predicted molar refractivity (Wildman–Crippen MR) is 112 cm³/mol. The lowest BCUT2D eigenvalue weighted by atomic mass is 9.96. The van der Waals surface area contributed by atoms with Gasteiger partial charge in [0.25, 0.3) is 0 Å². The molecule has 1 unspecified atom stereocenters. The number of hydrogen-bond donors (Lipinski definition) is 2. The van der Waals surface area contributed by atoms with Crippen molar-refractivity contribution < 1.29 is 9.13 Å². The molecule has 0 radical (unpaired) electrons. The van der Waals surface area contributed by atoms with E-state index in [1.54, 1.807) is 6.92 Å². The van der Waals surface area contributed by atoms with Crippen LogP contribution in [0.4, 0.5) is 16.3 Å². The van der Waals surface area contributed by atoms with E-state index in [1.165, 1.54) is 5.56 Å². The van der Waals surface area contributed by atoms with Gasteiger partial charge in [-0.1, -0.05) is 23.7 Å².